The van der Waals surface area contributed by atoms with Gasteiger partial charge < -0.3 is 10.6 Å². The fraction of sp³-hybridized carbons (Fsp3) is 0.333. The monoisotopic (exact) mass is 254 g/mol. The minimum Gasteiger partial charge on any atom is -0.352 e. The van der Waals surface area contributed by atoms with Crippen LogP contribution in [0, 0.1) is 0 Å². The van der Waals surface area contributed by atoms with Crippen LogP contribution in [-0.2, 0) is 4.79 Å². The number of amides is 2. The summed E-state index contributed by atoms with van der Waals surface area (Å²) in [6.45, 7) is 2.62. The van der Waals surface area contributed by atoms with Crippen LogP contribution in [0.25, 0.3) is 0 Å². The largest absolute Gasteiger partial charge is 0.352 e. The molecule has 5 heteroatoms. The smallest absolute Gasteiger partial charge is 0.251 e. The van der Waals surface area contributed by atoms with Gasteiger partial charge >= 0.3 is 0 Å². The Kier molecular flexibility index (Phi) is 5.49. The number of carbonyl (C=O) groups excluding carboxylic acids is 2. The van der Waals surface area contributed by atoms with E-state index < -0.39 is 0 Å². The molecule has 0 aromatic heterocycles. The van der Waals surface area contributed by atoms with Gasteiger partial charge in [0.25, 0.3) is 5.91 Å². The molecule has 0 spiro atoms. The molecule has 1 aromatic carbocycles. The number of anilines is 1. The molecule has 4 nitrogen and oxygen atoms in total. The van der Waals surface area contributed by atoms with E-state index in [1.807, 2.05) is 6.92 Å². The second kappa shape index (κ2) is 6.91. The Bertz CT molecular complexity index is 407. The van der Waals surface area contributed by atoms with Crippen LogP contribution in [0.2, 0.25) is 0 Å². The summed E-state index contributed by atoms with van der Waals surface area (Å²) in [4.78, 5) is 22.8. The molecule has 0 bridgehead atoms. The highest BCUT2D eigenvalue weighted by molar-refractivity contribution is 6.29. The van der Waals surface area contributed by atoms with Gasteiger partial charge in [-0.25, -0.2) is 0 Å². The summed E-state index contributed by atoms with van der Waals surface area (Å²) >= 11 is 5.38. The van der Waals surface area contributed by atoms with Crippen LogP contribution in [0.15, 0.2) is 24.3 Å². The molecule has 0 atom stereocenters. The Labute approximate surface area is 105 Å². The lowest BCUT2D eigenvalue weighted by molar-refractivity contribution is -0.113. The van der Waals surface area contributed by atoms with Crippen LogP contribution in [0.4, 0.5) is 5.69 Å². The number of nitrogens with one attached hydrogen (secondary N) is 2. The zero-order valence-corrected chi connectivity index (χ0v) is 10.4. The number of hydrogen-bond acceptors (Lipinski definition) is 2. The zero-order chi connectivity index (χ0) is 12.7. The topological polar surface area (TPSA) is 58.2 Å². The van der Waals surface area contributed by atoms with Crippen LogP contribution in [-0.4, -0.2) is 24.2 Å². The molecule has 0 radical (unpaired) electrons. The summed E-state index contributed by atoms with van der Waals surface area (Å²) in [6.07, 6.45) is 0.883. The van der Waals surface area contributed by atoms with Gasteiger partial charge in [-0.1, -0.05) is 13.0 Å². The Hall–Kier alpha value is -1.55. The Morgan fingerprint density at radius 2 is 2.12 bits per heavy atom. The minimum atomic E-state index is -0.294. The van der Waals surface area contributed by atoms with E-state index in [1.54, 1.807) is 24.3 Å². The number of halogens is 1. The zero-order valence-electron chi connectivity index (χ0n) is 9.63. The van der Waals surface area contributed by atoms with E-state index in [1.165, 1.54) is 0 Å². The van der Waals surface area contributed by atoms with Gasteiger partial charge in [-0.05, 0) is 24.6 Å². The van der Waals surface area contributed by atoms with E-state index in [0.29, 0.717) is 17.8 Å². The second-order valence-corrected chi connectivity index (χ2v) is 3.79. The van der Waals surface area contributed by atoms with E-state index in [9.17, 15) is 9.59 Å². The van der Waals surface area contributed by atoms with Crippen molar-refractivity contribution < 1.29 is 9.59 Å². The average Bonchev–Trinajstić information content (AvgIpc) is 2.36. The van der Waals surface area contributed by atoms with E-state index in [0.717, 1.165) is 6.42 Å². The predicted molar refractivity (Wildman–Crippen MR) is 68.4 cm³/mol. The van der Waals surface area contributed by atoms with Gasteiger partial charge in [0.05, 0.1) is 0 Å². The molecule has 1 rings (SSSR count). The van der Waals surface area contributed by atoms with Crippen molar-refractivity contribution in [3.05, 3.63) is 29.8 Å². The Morgan fingerprint density at radius 1 is 1.35 bits per heavy atom. The van der Waals surface area contributed by atoms with E-state index in [4.69, 9.17) is 11.6 Å². The molecule has 0 aliphatic carbocycles. The fourth-order valence-electron chi connectivity index (χ4n) is 1.27. The SMILES string of the molecule is CCCNC(=O)c1cccc(NC(=O)CCl)c1. The predicted octanol–water partition coefficient (Wildman–Crippen LogP) is 2.00. The first kappa shape index (κ1) is 13.5. The van der Waals surface area contributed by atoms with Crippen LogP contribution in [0.3, 0.4) is 0 Å². The van der Waals surface area contributed by atoms with Gasteiger partial charge in [0, 0.05) is 17.8 Å². The first-order valence-corrected chi connectivity index (χ1v) is 5.95. The van der Waals surface area contributed by atoms with E-state index >= 15 is 0 Å². The lowest BCUT2D eigenvalue weighted by atomic mass is 10.2. The maximum absolute atomic E-state index is 11.7. The van der Waals surface area contributed by atoms with Crippen molar-refractivity contribution in [1.29, 1.82) is 0 Å². The molecule has 2 N–H and O–H groups in total. The van der Waals surface area contributed by atoms with Gasteiger partial charge in [-0.3, -0.25) is 9.59 Å². The fourth-order valence-corrected chi connectivity index (χ4v) is 1.34. The summed E-state index contributed by atoms with van der Waals surface area (Å²) in [5, 5.41) is 5.36. The molecule has 0 saturated carbocycles. The number of hydrogen-bond donors (Lipinski definition) is 2. The summed E-state index contributed by atoms with van der Waals surface area (Å²) < 4.78 is 0. The molecule has 0 heterocycles. The van der Waals surface area contributed by atoms with Crippen molar-refractivity contribution in [2.75, 3.05) is 17.7 Å². The van der Waals surface area contributed by atoms with Gasteiger partial charge in [0.15, 0.2) is 0 Å². The number of benzene rings is 1. The minimum absolute atomic E-state index is 0.105. The van der Waals surface area contributed by atoms with Crippen molar-refractivity contribution in [3.8, 4) is 0 Å². The third-order valence-corrected chi connectivity index (χ3v) is 2.31. The van der Waals surface area contributed by atoms with Crippen molar-refractivity contribution in [2.24, 2.45) is 0 Å². The highest BCUT2D eigenvalue weighted by Crippen LogP contribution is 2.10. The summed E-state index contributed by atoms with van der Waals surface area (Å²) in [5.41, 5.74) is 1.09. The van der Waals surface area contributed by atoms with Gasteiger partial charge in [0.1, 0.15) is 5.88 Å². The molecular formula is C12H15ClN2O2. The van der Waals surface area contributed by atoms with Crippen LogP contribution < -0.4 is 10.6 Å². The third-order valence-electron chi connectivity index (χ3n) is 2.07. The molecule has 0 aliphatic rings. The summed E-state index contributed by atoms with van der Waals surface area (Å²) in [7, 11) is 0. The molecule has 0 fully saturated rings. The van der Waals surface area contributed by atoms with Crippen LogP contribution in [0.1, 0.15) is 23.7 Å². The van der Waals surface area contributed by atoms with Crippen molar-refractivity contribution in [2.45, 2.75) is 13.3 Å². The lowest BCUT2D eigenvalue weighted by Crippen LogP contribution is -2.24. The van der Waals surface area contributed by atoms with Crippen molar-refractivity contribution in [1.82, 2.24) is 5.32 Å². The summed E-state index contributed by atoms with van der Waals surface area (Å²) in [5.74, 6) is -0.543. The third kappa shape index (κ3) is 4.44. The second-order valence-electron chi connectivity index (χ2n) is 3.52. The highest BCUT2D eigenvalue weighted by atomic mass is 35.5. The van der Waals surface area contributed by atoms with Gasteiger partial charge in [-0.15, -0.1) is 11.6 Å². The van der Waals surface area contributed by atoms with E-state index in [-0.39, 0.29) is 17.7 Å². The first-order chi connectivity index (χ1) is 8.17. The average molecular weight is 255 g/mol. The van der Waals surface area contributed by atoms with Crippen molar-refractivity contribution >= 4 is 29.1 Å². The first-order valence-electron chi connectivity index (χ1n) is 5.41. The molecule has 2 amide bonds. The molecule has 17 heavy (non-hydrogen) atoms. The van der Waals surface area contributed by atoms with Gasteiger partial charge in [-0.2, -0.15) is 0 Å². The molecule has 1 aromatic rings. The molecule has 0 saturated heterocycles. The molecule has 0 aliphatic heterocycles. The van der Waals surface area contributed by atoms with Crippen molar-refractivity contribution in [3.63, 3.8) is 0 Å². The Balaban J connectivity index is 2.71. The summed E-state index contributed by atoms with van der Waals surface area (Å²) in [6, 6.07) is 6.74. The quantitative estimate of drug-likeness (QED) is 0.790. The maximum Gasteiger partial charge on any atom is 0.251 e. The molecule has 92 valence electrons. The van der Waals surface area contributed by atoms with Crippen LogP contribution >= 0.6 is 11.6 Å². The van der Waals surface area contributed by atoms with Gasteiger partial charge in [0.2, 0.25) is 5.91 Å². The Morgan fingerprint density at radius 3 is 2.76 bits per heavy atom. The molecular weight excluding hydrogens is 240 g/mol. The number of alkyl halides is 1. The number of rotatable bonds is 5. The number of carbonyl (C=O) groups is 2. The lowest BCUT2D eigenvalue weighted by Gasteiger charge is -2.06. The highest BCUT2D eigenvalue weighted by Gasteiger charge is 2.06. The van der Waals surface area contributed by atoms with E-state index in [2.05, 4.69) is 10.6 Å². The normalized spacial score (nSPS) is 9.76. The maximum atomic E-state index is 11.7. The standard InChI is InChI=1S/C12H15ClN2O2/c1-2-6-14-12(17)9-4-3-5-10(7-9)15-11(16)8-13/h3-5,7H,2,6,8H2,1H3,(H,14,17)(H,15,16). The molecule has 0 unspecified atom stereocenters. The van der Waals surface area contributed by atoms with Crippen LogP contribution in [0.5, 0.6) is 0 Å².